The standard InChI is InChI=1S/C21H21N3O2/c1-14(18-13-10-15-6-4-5-7-19(15)20(18)25)22-23-21(26)16-8-11-17(12-9-16)24(2)3/h4-13,25H,1-3H3,(H,23,26)/b22-14+. The molecule has 0 aliphatic heterocycles. The first-order valence-corrected chi connectivity index (χ1v) is 8.30. The summed E-state index contributed by atoms with van der Waals surface area (Å²) in [6.07, 6.45) is 0. The number of carbonyl (C=O) groups excluding carboxylic acids is 1. The average Bonchev–Trinajstić information content (AvgIpc) is 2.66. The molecule has 5 nitrogen and oxygen atoms in total. The molecule has 0 spiro atoms. The van der Waals surface area contributed by atoms with Gasteiger partial charge in [-0.05, 0) is 42.6 Å². The quantitative estimate of drug-likeness (QED) is 0.558. The molecule has 0 bridgehead atoms. The molecule has 3 aromatic carbocycles. The summed E-state index contributed by atoms with van der Waals surface area (Å²) in [5, 5.41) is 16.3. The van der Waals surface area contributed by atoms with E-state index in [9.17, 15) is 9.90 Å². The third-order valence-electron chi connectivity index (χ3n) is 4.26. The van der Waals surface area contributed by atoms with Crippen LogP contribution in [0.25, 0.3) is 10.8 Å². The molecule has 0 radical (unpaired) electrons. The lowest BCUT2D eigenvalue weighted by Gasteiger charge is -2.12. The van der Waals surface area contributed by atoms with Crippen molar-refractivity contribution in [3.63, 3.8) is 0 Å². The molecule has 1 amide bonds. The van der Waals surface area contributed by atoms with Gasteiger partial charge in [-0.2, -0.15) is 5.10 Å². The molecule has 0 fully saturated rings. The van der Waals surface area contributed by atoms with Gasteiger partial charge in [-0.1, -0.05) is 30.3 Å². The number of hydrogen-bond acceptors (Lipinski definition) is 4. The largest absolute Gasteiger partial charge is 0.507 e. The van der Waals surface area contributed by atoms with Crippen molar-refractivity contribution in [2.24, 2.45) is 5.10 Å². The maximum atomic E-state index is 12.3. The second kappa shape index (κ2) is 7.27. The van der Waals surface area contributed by atoms with Crippen LogP contribution >= 0.6 is 0 Å². The Morgan fingerprint density at radius 1 is 1.00 bits per heavy atom. The van der Waals surface area contributed by atoms with Crippen molar-refractivity contribution in [3.8, 4) is 5.75 Å². The molecular formula is C21H21N3O2. The highest BCUT2D eigenvalue weighted by molar-refractivity contribution is 6.07. The number of rotatable bonds is 4. The van der Waals surface area contributed by atoms with Gasteiger partial charge in [-0.25, -0.2) is 5.43 Å². The lowest BCUT2D eigenvalue weighted by Crippen LogP contribution is -2.19. The van der Waals surface area contributed by atoms with Crippen molar-refractivity contribution in [1.29, 1.82) is 0 Å². The second-order valence-electron chi connectivity index (χ2n) is 6.26. The summed E-state index contributed by atoms with van der Waals surface area (Å²) in [5.74, 6) is -0.135. The Labute approximate surface area is 152 Å². The number of anilines is 1. The molecule has 0 atom stereocenters. The summed E-state index contributed by atoms with van der Waals surface area (Å²) in [7, 11) is 3.89. The van der Waals surface area contributed by atoms with Crippen LogP contribution in [0.2, 0.25) is 0 Å². The third-order valence-corrected chi connectivity index (χ3v) is 4.26. The van der Waals surface area contributed by atoms with E-state index in [1.807, 2.05) is 61.5 Å². The van der Waals surface area contributed by atoms with Crippen LogP contribution in [-0.4, -0.2) is 30.8 Å². The van der Waals surface area contributed by atoms with Gasteiger partial charge in [0.25, 0.3) is 5.91 Å². The molecule has 0 saturated heterocycles. The molecule has 3 aromatic rings. The van der Waals surface area contributed by atoms with Crippen molar-refractivity contribution in [1.82, 2.24) is 5.43 Å². The van der Waals surface area contributed by atoms with E-state index < -0.39 is 0 Å². The number of aromatic hydroxyl groups is 1. The summed E-state index contributed by atoms with van der Waals surface area (Å²) < 4.78 is 0. The minimum atomic E-state index is -0.296. The van der Waals surface area contributed by atoms with Gasteiger partial charge >= 0.3 is 0 Å². The van der Waals surface area contributed by atoms with Crippen LogP contribution in [0.3, 0.4) is 0 Å². The zero-order valence-corrected chi connectivity index (χ0v) is 15.0. The minimum Gasteiger partial charge on any atom is -0.507 e. The van der Waals surface area contributed by atoms with Gasteiger partial charge in [0.05, 0.1) is 5.71 Å². The highest BCUT2D eigenvalue weighted by atomic mass is 16.3. The summed E-state index contributed by atoms with van der Waals surface area (Å²) in [5.41, 5.74) is 5.21. The van der Waals surface area contributed by atoms with Gasteiger partial charge in [0.2, 0.25) is 0 Å². The molecule has 132 valence electrons. The lowest BCUT2D eigenvalue weighted by molar-refractivity contribution is 0.0955. The van der Waals surface area contributed by atoms with E-state index in [-0.39, 0.29) is 11.7 Å². The number of nitrogens with zero attached hydrogens (tertiary/aromatic N) is 2. The topological polar surface area (TPSA) is 64.9 Å². The van der Waals surface area contributed by atoms with Crippen LogP contribution in [0.1, 0.15) is 22.8 Å². The molecule has 0 unspecified atom stereocenters. The molecule has 26 heavy (non-hydrogen) atoms. The molecule has 0 aliphatic rings. The van der Waals surface area contributed by atoms with E-state index in [1.165, 1.54) is 0 Å². The maximum Gasteiger partial charge on any atom is 0.271 e. The number of phenolic OH excluding ortho intramolecular Hbond substituents is 1. The number of phenols is 1. The van der Waals surface area contributed by atoms with E-state index in [0.29, 0.717) is 16.8 Å². The molecule has 2 N–H and O–H groups in total. The number of hydrogen-bond donors (Lipinski definition) is 2. The number of benzene rings is 3. The van der Waals surface area contributed by atoms with E-state index in [1.54, 1.807) is 25.1 Å². The highest BCUT2D eigenvalue weighted by Gasteiger charge is 2.10. The van der Waals surface area contributed by atoms with Gasteiger partial charge in [0.15, 0.2) is 0 Å². The van der Waals surface area contributed by atoms with Gasteiger partial charge in [-0.15, -0.1) is 0 Å². The van der Waals surface area contributed by atoms with Crippen molar-refractivity contribution in [2.75, 3.05) is 19.0 Å². The molecule has 5 heteroatoms. The normalized spacial score (nSPS) is 11.4. The second-order valence-corrected chi connectivity index (χ2v) is 6.26. The Morgan fingerprint density at radius 3 is 2.38 bits per heavy atom. The summed E-state index contributed by atoms with van der Waals surface area (Å²) in [4.78, 5) is 14.2. The Hall–Kier alpha value is -3.34. The first kappa shape index (κ1) is 17.5. The van der Waals surface area contributed by atoms with Crippen LogP contribution in [0.4, 0.5) is 5.69 Å². The summed E-state index contributed by atoms with van der Waals surface area (Å²) in [6, 6.07) is 18.6. The number of amides is 1. The van der Waals surface area contributed by atoms with Crippen LogP contribution in [0, 0.1) is 0 Å². The van der Waals surface area contributed by atoms with Crippen molar-refractivity contribution >= 4 is 28.1 Å². The van der Waals surface area contributed by atoms with Gasteiger partial charge in [0.1, 0.15) is 5.75 Å². The Balaban J connectivity index is 1.79. The van der Waals surface area contributed by atoms with E-state index in [4.69, 9.17) is 0 Å². The number of carbonyl (C=O) groups is 1. The fourth-order valence-electron chi connectivity index (χ4n) is 2.72. The van der Waals surface area contributed by atoms with Crippen LogP contribution in [-0.2, 0) is 0 Å². The Bertz CT molecular complexity index is 976. The molecule has 0 saturated carbocycles. The fraction of sp³-hybridized carbons (Fsp3) is 0.143. The molecular weight excluding hydrogens is 326 g/mol. The fourth-order valence-corrected chi connectivity index (χ4v) is 2.72. The summed E-state index contributed by atoms with van der Waals surface area (Å²) in [6.45, 7) is 1.75. The predicted octanol–water partition coefficient (Wildman–Crippen LogP) is 3.77. The molecule has 0 aromatic heterocycles. The van der Waals surface area contributed by atoms with Crippen LogP contribution in [0.5, 0.6) is 5.75 Å². The lowest BCUT2D eigenvalue weighted by atomic mass is 10.0. The van der Waals surface area contributed by atoms with E-state index in [0.717, 1.165) is 16.5 Å². The minimum absolute atomic E-state index is 0.161. The van der Waals surface area contributed by atoms with Gasteiger partial charge in [-0.3, -0.25) is 4.79 Å². The first-order chi connectivity index (χ1) is 12.5. The van der Waals surface area contributed by atoms with E-state index >= 15 is 0 Å². The average molecular weight is 347 g/mol. The molecule has 0 aliphatic carbocycles. The Kier molecular flexibility index (Phi) is 4.89. The zero-order valence-electron chi connectivity index (χ0n) is 15.0. The SMILES string of the molecule is C/C(=N\NC(=O)c1ccc(N(C)C)cc1)c1ccc2ccccc2c1O. The number of hydrazone groups is 1. The van der Waals surface area contributed by atoms with Gasteiger partial charge < -0.3 is 10.0 Å². The Morgan fingerprint density at radius 2 is 1.69 bits per heavy atom. The monoisotopic (exact) mass is 347 g/mol. The molecule has 3 rings (SSSR count). The van der Waals surface area contributed by atoms with E-state index in [2.05, 4.69) is 10.5 Å². The zero-order chi connectivity index (χ0) is 18.7. The highest BCUT2D eigenvalue weighted by Crippen LogP contribution is 2.28. The van der Waals surface area contributed by atoms with Crippen molar-refractivity contribution < 1.29 is 9.90 Å². The smallest absolute Gasteiger partial charge is 0.271 e. The van der Waals surface area contributed by atoms with Crippen LogP contribution < -0.4 is 10.3 Å². The van der Waals surface area contributed by atoms with Crippen molar-refractivity contribution in [2.45, 2.75) is 6.92 Å². The summed E-state index contributed by atoms with van der Waals surface area (Å²) >= 11 is 0. The van der Waals surface area contributed by atoms with Crippen LogP contribution in [0.15, 0.2) is 65.8 Å². The number of fused-ring (bicyclic) bond motifs is 1. The van der Waals surface area contributed by atoms with Crippen molar-refractivity contribution in [3.05, 3.63) is 71.8 Å². The first-order valence-electron chi connectivity index (χ1n) is 8.30. The van der Waals surface area contributed by atoms with Gasteiger partial charge in [0, 0.05) is 36.3 Å². The molecule has 0 heterocycles. The predicted molar refractivity (Wildman–Crippen MR) is 106 cm³/mol. The maximum absolute atomic E-state index is 12.3. The third kappa shape index (κ3) is 3.52. The number of nitrogens with one attached hydrogen (secondary N) is 1.